The highest BCUT2D eigenvalue weighted by Gasteiger charge is 2.22. The van der Waals surface area contributed by atoms with Crippen molar-refractivity contribution in [1.29, 1.82) is 0 Å². The summed E-state index contributed by atoms with van der Waals surface area (Å²) in [6, 6.07) is 4.15. The van der Waals surface area contributed by atoms with Gasteiger partial charge in [0.1, 0.15) is 17.0 Å². The molecule has 0 saturated carbocycles. The van der Waals surface area contributed by atoms with Crippen LogP contribution < -0.4 is 25.4 Å². The molecule has 1 saturated heterocycles. The molecule has 1 fully saturated rings. The van der Waals surface area contributed by atoms with Gasteiger partial charge in [0.2, 0.25) is 5.95 Å². The third-order valence-corrected chi connectivity index (χ3v) is 6.61. The van der Waals surface area contributed by atoms with Crippen molar-refractivity contribution < 1.29 is 14.2 Å². The molecule has 1 unspecified atom stereocenters. The number of benzene rings is 1. The van der Waals surface area contributed by atoms with Crippen LogP contribution in [-0.4, -0.2) is 67.6 Å². The standard InChI is InChI=1S/C25H32Cl2N6O3/c1-14(2)28-7-5-8-29-24-23-15(12-30-25(33-23)31-16-6-9-36-13-16)10-17(32-24)20-21(26)18(34-3)11-19(35-4)22(20)27/h10-12,14,16,28H,5-9,13H2,1-4H3,(H,29,32)(H,30,31,33). The van der Waals surface area contributed by atoms with Crippen LogP contribution in [0.4, 0.5) is 11.8 Å². The van der Waals surface area contributed by atoms with Gasteiger partial charge in [-0.25, -0.2) is 15.0 Å². The van der Waals surface area contributed by atoms with Gasteiger partial charge in [-0.15, -0.1) is 0 Å². The first kappa shape index (κ1) is 26.5. The van der Waals surface area contributed by atoms with Crippen LogP contribution in [0.25, 0.3) is 22.2 Å². The summed E-state index contributed by atoms with van der Waals surface area (Å²) in [7, 11) is 3.09. The minimum absolute atomic E-state index is 0.190. The molecule has 0 amide bonds. The fraction of sp³-hybridized carbons (Fsp3) is 0.480. The molecule has 4 rings (SSSR count). The molecule has 9 nitrogen and oxygen atoms in total. The Morgan fingerprint density at radius 1 is 1.08 bits per heavy atom. The first-order valence-electron chi connectivity index (χ1n) is 12.0. The van der Waals surface area contributed by atoms with Crippen LogP contribution in [0.2, 0.25) is 10.0 Å². The number of anilines is 2. The number of hydrogen-bond acceptors (Lipinski definition) is 9. The summed E-state index contributed by atoms with van der Waals surface area (Å²) >= 11 is 13.4. The van der Waals surface area contributed by atoms with E-state index in [9.17, 15) is 0 Å². The van der Waals surface area contributed by atoms with Crippen molar-refractivity contribution in [3.05, 3.63) is 28.4 Å². The van der Waals surface area contributed by atoms with Gasteiger partial charge in [-0.3, -0.25) is 0 Å². The maximum absolute atomic E-state index is 6.69. The summed E-state index contributed by atoms with van der Waals surface area (Å²) in [5.74, 6) is 2.04. The molecule has 3 aromatic rings. The lowest BCUT2D eigenvalue weighted by atomic mass is 10.1. The Balaban J connectivity index is 1.75. The monoisotopic (exact) mass is 534 g/mol. The molecule has 1 atom stereocenters. The molecule has 36 heavy (non-hydrogen) atoms. The molecule has 0 bridgehead atoms. The highest BCUT2D eigenvalue weighted by Crippen LogP contribution is 2.46. The van der Waals surface area contributed by atoms with E-state index in [0.29, 0.717) is 69.3 Å². The molecule has 2 aromatic heterocycles. The van der Waals surface area contributed by atoms with Gasteiger partial charge in [-0.2, -0.15) is 0 Å². The Morgan fingerprint density at radius 2 is 1.83 bits per heavy atom. The predicted octanol–water partition coefficient (Wildman–Crippen LogP) is 5.02. The van der Waals surface area contributed by atoms with Crippen molar-refractivity contribution in [2.24, 2.45) is 0 Å². The summed E-state index contributed by atoms with van der Waals surface area (Å²) < 4.78 is 16.4. The van der Waals surface area contributed by atoms with Crippen molar-refractivity contribution >= 4 is 45.9 Å². The average molecular weight is 535 g/mol. The highest BCUT2D eigenvalue weighted by molar-refractivity contribution is 6.41. The molecule has 11 heteroatoms. The van der Waals surface area contributed by atoms with E-state index in [1.54, 1.807) is 26.5 Å². The predicted molar refractivity (Wildman–Crippen MR) is 145 cm³/mol. The Labute approximate surface area is 221 Å². The quantitative estimate of drug-likeness (QED) is 0.292. The number of rotatable bonds is 11. The largest absolute Gasteiger partial charge is 0.495 e. The van der Waals surface area contributed by atoms with Crippen molar-refractivity contribution in [3.8, 4) is 22.8 Å². The van der Waals surface area contributed by atoms with E-state index in [1.807, 2.05) is 6.07 Å². The molecule has 194 valence electrons. The number of methoxy groups -OCH3 is 2. The Hall–Kier alpha value is -2.59. The molecule has 1 aliphatic heterocycles. The van der Waals surface area contributed by atoms with E-state index in [2.05, 4.69) is 34.8 Å². The summed E-state index contributed by atoms with van der Waals surface area (Å²) in [5.41, 5.74) is 1.78. The fourth-order valence-corrected chi connectivity index (χ4v) is 4.68. The second-order valence-corrected chi connectivity index (χ2v) is 9.62. The number of fused-ring (bicyclic) bond motifs is 1. The minimum atomic E-state index is 0.190. The van der Waals surface area contributed by atoms with Crippen LogP contribution >= 0.6 is 23.2 Å². The minimum Gasteiger partial charge on any atom is -0.495 e. The van der Waals surface area contributed by atoms with E-state index in [4.69, 9.17) is 47.4 Å². The van der Waals surface area contributed by atoms with E-state index in [-0.39, 0.29) is 6.04 Å². The van der Waals surface area contributed by atoms with E-state index in [1.165, 1.54) is 0 Å². The first-order chi connectivity index (χ1) is 17.4. The van der Waals surface area contributed by atoms with Crippen LogP contribution in [0.15, 0.2) is 18.3 Å². The van der Waals surface area contributed by atoms with Crippen molar-refractivity contribution in [3.63, 3.8) is 0 Å². The Kier molecular flexibility index (Phi) is 8.90. The SMILES string of the molecule is COc1cc(OC)c(Cl)c(-c2cc3cnc(NC4CCOC4)nc3c(NCCCNC(C)C)n2)c1Cl. The summed E-state index contributed by atoms with van der Waals surface area (Å²) in [6.45, 7) is 7.22. The van der Waals surface area contributed by atoms with Gasteiger partial charge in [-0.05, 0) is 25.5 Å². The zero-order valence-corrected chi connectivity index (χ0v) is 22.5. The topological polar surface area (TPSA) is 102 Å². The number of pyridine rings is 1. The Morgan fingerprint density at radius 3 is 2.47 bits per heavy atom. The fourth-order valence-electron chi connectivity index (χ4n) is 3.99. The van der Waals surface area contributed by atoms with E-state index >= 15 is 0 Å². The van der Waals surface area contributed by atoms with Crippen LogP contribution in [0.1, 0.15) is 26.7 Å². The molecule has 0 aliphatic carbocycles. The second kappa shape index (κ2) is 12.1. The van der Waals surface area contributed by atoms with Crippen molar-refractivity contribution in [2.45, 2.75) is 38.8 Å². The molecular formula is C25H32Cl2N6O3. The number of ether oxygens (including phenoxy) is 3. The maximum Gasteiger partial charge on any atom is 0.223 e. The summed E-state index contributed by atoms with van der Waals surface area (Å²) in [6.07, 6.45) is 3.60. The average Bonchev–Trinajstić information content (AvgIpc) is 3.37. The lowest BCUT2D eigenvalue weighted by Crippen LogP contribution is -2.25. The van der Waals surface area contributed by atoms with Crippen LogP contribution in [0, 0.1) is 0 Å². The third-order valence-electron chi connectivity index (χ3n) is 5.86. The molecule has 1 aliphatic rings. The van der Waals surface area contributed by atoms with Gasteiger partial charge in [0, 0.05) is 42.4 Å². The van der Waals surface area contributed by atoms with E-state index < -0.39 is 0 Å². The smallest absolute Gasteiger partial charge is 0.223 e. The molecule has 3 heterocycles. The lowest BCUT2D eigenvalue weighted by Gasteiger charge is -2.17. The number of nitrogens with one attached hydrogen (secondary N) is 3. The summed E-state index contributed by atoms with van der Waals surface area (Å²) in [5, 5.41) is 11.7. The van der Waals surface area contributed by atoms with Gasteiger partial charge >= 0.3 is 0 Å². The normalized spacial score (nSPS) is 15.5. The molecule has 1 aromatic carbocycles. The maximum atomic E-state index is 6.69. The van der Waals surface area contributed by atoms with Crippen LogP contribution in [-0.2, 0) is 4.74 Å². The van der Waals surface area contributed by atoms with Crippen LogP contribution in [0.3, 0.4) is 0 Å². The van der Waals surface area contributed by atoms with Crippen molar-refractivity contribution in [1.82, 2.24) is 20.3 Å². The number of halogens is 2. The first-order valence-corrected chi connectivity index (χ1v) is 12.8. The number of hydrogen-bond donors (Lipinski definition) is 3. The zero-order chi connectivity index (χ0) is 25.7. The molecular weight excluding hydrogens is 503 g/mol. The van der Waals surface area contributed by atoms with Gasteiger partial charge in [0.15, 0.2) is 5.82 Å². The van der Waals surface area contributed by atoms with Crippen molar-refractivity contribution in [2.75, 3.05) is 51.2 Å². The van der Waals surface area contributed by atoms with Gasteiger partial charge in [0.25, 0.3) is 0 Å². The Bertz CT molecular complexity index is 1180. The molecule has 0 radical (unpaired) electrons. The van der Waals surface area contributed by atoms with Gasteiger partial charge in [0.05, 0.1) is 42.6 Å². The molecule has 3 N–H and O–H groups in total. The lowest BCUT2D eigenvalue weighted by molar-refractivity contribution is 0.195. The van der Waals surface area contributed by atoms with Crippen LogP contribution in [0.5, 0.6) is 11.5 Å². The number of aromatic nitrogens is 3. The second-order valence-electron chi connectivity index (χ2n) is 8.87. The van der Waals surface area contributed by atoms with Gasteiger partial charge in [-0.1, -0.05) is 37.0 Å². The zero-order valence-electron chi connectivity index (χ0n) is 21.0. The van der Waals surface area contributed by atoms with Gasteiger partial charge < -0.3 is 30.2 Å². The third kappa shape index (κ3) is 6.03. The highest BCUT2D eigenvalue weighted by atomic mass is 35.5. The summed E-state index contributed by atoms with van der Waals surface area (Å²) in [4.78, 5) is 14.2. The number of nitrogens with zero attached hydrogens (tertiary/aromatic N) is 3. The van der Waals surface area contributed by atoms with E-state index in [0.717, 1.165) is 31.4 Å². The molecule has 0 spiro atoms.